The highest BCUT2D eigenvalue weighted by Gasteiger charge is 2.37. The van der Waals surface area contributed by atoms with Crippen LogP contribution in [0.15, 0.2) is 0 Å². The van der Waals surface area contributed by atoms with Crippen molar-refractivity contribution in [3.8, 4) is 0 Å². The molecule has 1 aliphatic rings. The molecule has 3 heteroatoms. The molecule has 3 nitrogen and oxygen atoms in total. The number of Topliss-reactive ketones (excluding diaryl/α,β-unsaturated/α-hetero) is 1. The number of hydrogen-bond donors (Lipinski definition) is 1. The first-order valence-electron chi connectivity index (χ1n) is 6.06. The minimum atomic E-state index is -0.258. The van der Waals surface area contributed by atoms with Crippen LogP contribution in [0.5, 0.6) is 0 Å². The van der Waals surface area contributed by atoms with Crippen LogP contribution in [0.3, 0.4) is 0 Å². The van der Waals surface area contributed by atoms with Crippen molar-refractivity contribution in [1.82, 2.24) is 0 Å². The summed E-state index contributed by atoms with van der Waals surface area (Å²) in [6.45, 7) is 3.46. The maximum absolute atomic E-state index is 12.0. The van der Waals surface area contributed by atoms with E-state index < -0.39 is 0 Å². The van der Waals surface area contributed by atoms with E-state index in [4.69, 9.17) is 10.5 Å². The summed E-state index contributed by atoms with van der Waals surface area (Å²) in [5, 5.41) is 0. The van der Waals surface area contributed by atoms with Crippen LogP contribution in [0.25, 0.3) is 0 Å². The van der Waals surface area contributed by atoms with E-state index in [-0.39, 0.29) is 17.8 Å². The van der Waals surface area contributed by atoms with E-state index in [0.717, 1.165) is 32.1 Å². The molecule has 1 fully saturated rings. The highest BCUT2D eigenvalue weighted by atomic mass is 16.5. The molecule has 1 rings (SSSR count). The van der Waals surface area contributed by atoms with Gasteiger partial charge in [0.2, 0.25) is 0 Å². The summed E-state index contributed by atoms with van der Waals surface area (Å²) >= 11 is 0. The van der Waals surface area contributed by atoms with E-state index in [1.807, 2.05) is 6.92 Å². The van der Waals surface area contributed by atoms with Crippen LogP contribution in [0.2, 0.25) is 0 Å². The number of rotatable bonds is 6. The monoisotopic (exact) mass is 213 g/mol. The van der Waals surface area contributed by atoms with Gasteiger partial charge in [-0.05, 0) is 19.3 Å². The van der Waals surface area contributed by atoms with Crippen LogP contribution >= 0.6 is 0 Å². The molecule has 1 aliphatic carbocycles. The molecule has 88 valence electrons. The quantitative estimate of drug-likeness (QED) is 0.685. The van der Waals surface area contributed by atoms with Gasteiger partial charge in [-0.25, -0.2) is 0 Å². The molecule has 0 radical (unpaired) electrons. The molecule has 0 aliphatic heterocycles. The lowest BCUT2D eigenvalue weighted by atomic mass is 9.71. The summed E-state index contributed by atoms with van der Waals surface area (Å²) in [7, 11) is 0. The lowest BCUT2D eigenvalue weighted by Crippen LogP contribution is -2.42. The van der Waals surface area contributed by atoms with Crippen LogP contribution in [0, 0.1) is 5.41 Å². The lowest BCUT2D eigenvalue weighted by Gasteiger charge is -2.34. The Morgan fingerprint density at radius 3 is 2.53 bits per heavy atom. The summed E-state index contributed by atoms with van der Waals surface area (Å²) in [5.74, 6) is 0.221. The standard InChI is InChI=1S/C12H23NO2/c1-2-8-15-9-11(14)12(10-13)6-4-3-5-7-12/h2-10,13H2,1H3. The molecule has 1 saturated carbocycles. The molecule has 0 atom stereocenters. The molecular formula is C12H23NO2. The fourth-order valence-corrected chi connectivity index (χ4v) is 2.29. The average molecular weight is 213 g/mol. The van der Waals surface area contributed by atoms with Gasteiger partial charge in [-0.15, -0.1) is 0 Å². The first kappa shape index (κ1) is 12.7. The molecule has 0 spiro atoms. The van der Waals surface area contributed by atoms with Gasteiger partial charge >= 0.3 is 0 Å². The van der Waals surface area contributed by atoms with Crippen molar-refractivity contribution >= 4 is 5.78 Å². The fourth-order valence-electron chi connectivity index (χ4n) is 2.29. The van der Waals surface area contributed by atoms with E-state index >= 15 is 0 Å². The Morgan fingerprint density at radius 1 is 1.33 bits per heavy atom. The van der Waals surface area contributed by atoms with E-state index in [2.05, 4.69) is 0 Å². The first-order chi connectivity index (χ1) is 7.25. The van der Waals surface area contributed by atoms with Crippen molar-refractivity contribution in [1.29, 1.82) is 0 Å². The number of nitrogens with two attached hydrogens (primary N) is 1. The molecule has 0 bridgehead atoms. The van der Waals surface area contributed by atoms with Gasteiger partial charge in [0.15, 0.2) is 5.78 Å². The highest BCUT2D eigenvalue weighted by molar-refractivity contribution is 5.86. The second-order valence-corrected chi connectivity index (χ2v) is 4.52. The van der Waals surface area contributed by atoms with Crippen LogP contribution in [0.4, 0.5) is 0 Å². The molecule has 15 heavy (non-hydrogen) atoms. The van der Waals surface area contributed by atoms with Crippen molar-refractivity contribution in [3.05, 3.63) is 0 Å². The molecule has 0 aromatic carbocycles. The predicted molar refractivity (Wildman–Crippen MR) is 60.7 cm³/mol. The Bertz CT molecular complexity index is 198. The Labute approximate surface area is 92.4 Å². The minimum absolute atomic E-state index is 0.221. The van der Waals surface area contributed by atoms with E-state index in [1.54, 1.807) is 0 Å². The number of hydrogen-bond acceptors (Lipinski definition) is 3. The van der Waals surface area contributed by atoms with Gasteiger partial charge in [-0.2, -0.15) is 0 Å². The third-order valence-electron chi connectivity index (χ3n) is 3.37. The molecule has 0 aromatic heterocycles. The molecule has 0 aromatic rings. The molecule has 2 N–H and O–H groups in total. The lowest BCUT2D eigenvalue weighted by molar-refractivity contribution is -0.134. The minimum Gasteiger partial charge on any atom is -0.374 e. The Hall–Kier alpha value is -0.410. The van der Waals surface area contributed by atoms with E-state index in [9.17, 15) is 4.79 Å². The third-order valence-corrected chi connectivity index (χ3v) is 3.37. The normalized spacial score (nSPS) is 20.1. The van der Waals surface area contributed by atoms with Crippen LogP contribution in [-0.4, -0.2) is 25.5 Å². The van der Waals surface area contributed by atoms with Crippen molar-refractivity contribution in [2.45, 2.75) is 45.4 Å². The topological polar surface area (TPSA) is 52.3 Å². The summed E-state index contributed by atoms with van der Waals surface area (Å²) < 4.78 is 5.32. The summed E-state index contributed by atoms with van der Waals surface area (Å²) in [6.07, 6.45) is 6.39. The third kappa shape index (κ3) is 3.28. The predicted octanol–water partition coefficient (Wildman–Crippen LogP) is 1.89. The molecule has 0 unspecified atom stereocenters. The summed E-state index contributed by atoms with van der Waals surface area (Å²) in [5.41, 5.74) is 5.51. The van der Waals surface area contributed by atoms with Crippen LogP contribution in [-0.2, 0) is 9.53 Å². The van der Waals surface area contributed by atoms with E-state index in [0.29, 0.717) is 13.2 Å². The number of carbonyl (C=O) groups is 1. The maximum atomic E-state index is 12.0. The zero-order valence-corrected chi connectivity index (χ0v) is 9.76. The largest absolute Gasteiger partial charge is 0.374 e. The molecule has 0 amide bonds. The van der Waals surface area contributed by atoms with Gasteiger partial charge < -0.3 is 10.5 Å². The van der Waals surface area contributed by atoms with Crippen molar-refractivity contribution in [3.63, 3.8) is 0 Å². The average Bonchev–Trinajstić information content (AvgIpc) is 2.30. The van der Waals surface area contributed by atoms with Gasteiger partial charge in [-0.1, -0.05) is 26.2 Å². The van der Waals surface area contributed by atoms with Crippen LogP contribution < -0.4 is 5.73 Å². The van der Waals surface area contributed by atoms with Gasteiger partial charge in [-0.3, -0.25) is 4.79 Å². The van der Waals surface area contributed by atoms with Crippen LogP contribution in [0.1, 0.15) is 45.4 Å². The molecule has 0 heterocycles. The number of ketones is 1. The van der Waals surface area contributed by atoms with Gasteiger partial charge in [0.1, 0.15) is 6.61 Å². The summed E-state index contributed by atoms with van der Waals surface area (Å²) in [4.78, 5) is 12.0. The van der Waals surface area contributed by atoms with Crippen molar-refractivity contribution in [2.24, 2.45) is 11.1 Å². The van der Waals surface area contributed by atoms with Crippen molar-refractivity contribution < 1.29 is 9.53 Å². The second-order valence-electron chi connectivity index (χ2n) is 4.52. The smallest absolute Gasteiger partial charge is 0.165 e. The van der Waals surface area contributed by atoms with Gasteiger partial charge in [0.05, 0.1) is 0 Å². The summed E-state index contributed by atoms with van der Waals surface area (Å²) in [6, 6.07) is 0. The zero-order chi connectivity index (χ0) is 11.1. The molecule has 0 saturated heterocycles. The number of ether oxygens (including phenoxy) is 1. The Kier molecular flexibility index (Phi) is 5.26. The fraction of sp³-hybridized carbons (Fsp3) is 0.917. The Balaban J connectivity index is 2.45. The first-order valence-corrected chi connectivity index (χ1v) is 6.06. The Morgan fingerprint density at radius 2 is 2.00 bits per heavy atom. The molecular weight excluding hydrogens is 190 g/mol. The SMILES string of the molecule is CCCOCC(=O)C1(CN)CCCCC1. The second kappa shape index (κ2) is 6.23. The number of carbonyl (C=O) groups excluding carboxylic acids is 1. The van der Waals surface area contributed by atoms with Gasteiger partial charge in [0, 0.05) is 18.6 Å². The van der Waals surface area contributed by atoms with E-state index in [1.165, 1.54) is 6.42 Å². The van der Waals surface area contributed by atoms with Gasteiger partial charge in [0.25, 0.3) is 0 Å². The zero-order valence-electron chi connectivity index (χ0n) is 9.76. The highest BCUT2D eigenvalue weighted by Crippen LogP contribution is 2.36. The maximum Gasteiger partial charge on any atom is 0.165 e. The van der Waals surface area contributed by atoms with Crippen molar-refractivity contribution in [2.75, 3.05) is 19.8 Å².